The first-order valence-electron chi connectivity index (χ1n) is 4.83. The van der Waals surface area contributed by atoms with Crippen LogP contribution < -0.4 is 10.5 Å². The van der Waals surface area contributed by atoms with Gasteiger partial charge < -0.3 is 10.5 Å². The summed E-state index contributed by atoms with van der Waals surface area (Å²) in [5, 5.41) is 1.02. The Morgan fingerprint density at radius 1 is 1.33 bits per heavy atom. The van der Waals surface area contributed by atoms with Gasteiger partial charge in [-0.05, 0) is 24.7 Å². The smallest absolute Gasteiger partial charge is 0.119 e. The molecule has 0 aliphatic heterocycles. The van der Waals surface area contributed by atoms with Crippen LogP contribution in [0.3, 0.4) is 0 Å². The standard InChI is InChI=1S/C11H13N3O/c1-15-8-2-3-10-9(6-8)11(4-5-12)14-7-13-10/h2-3,6-7H,4-5,12H2,1H3. The highest BCUT2D eigenvalue weighted by molar-refractivity contribution is 5.82. The predicted octanol–water partition coefficient (Wildman–Crippen LogP) is 1.14. The molecule has 0 fully saturated rings. The predicted molar refractivity (Wildman–Crippen MR) is 58.8 cm³/mol. The van der Waals surface area contributed by atoms with Crippen LogP contribution in [0.15, 0.2) is 24.5 Å². The van der Waals surface area contributed by atoms with E-state index in [4.69, 9.17) is 10.5 Å². The normalized spacial score (nSPS) is 10.5. The highest BCUT2D eigenvalue weighted by Gasteiger charge is 2.03. The largest absolute Gasteiger partial charge is 0.497 e. The Balaban J connectivity index is 2.59. The number of nitrogens with zero attached hydrogens (tertiary/aromatic N) is 2. The first-order valence-corrected chi connectivity index (χ1v) is 4.83. The zero-order valence-corrected chi connectivity index (χ0v) is 8.60. The van der Waals surface area contributed by atoms with E-state index in [0.717, 1.165) is 28.8 Å². The molecule has 2 rings (SSSR count). The highest BCUT2D eigenvalue weighted by atomic mass is 16.5. The third kappa shape index (κ3) is 1.89. The Hall–Kier alpha value is -1.68. The van der Waals surface area contributed by atoms with Crippen LogP contribution in [-0.4, -0.2) is 23.6 Å². The summed E-state index contributed by atoms with van der Waals surface area (Å²) in [5.41, 5.74) is 7.43. The Kier molecular flexibility index (Phi) is 2.78. The molecule has 4 heteroatoms. The molecule has 2 N–H and O–H groups in total. The van der Waals surface area contributed by atoms with Crippen molar-refractivity contribution in [2.45, 2.75) is 6.42 Å². The Bertz CT molecular complexity index is 470. The van der Waals surface area contributed by atoms with E-state index < -0.39 is 0 Å². The molecule has 0 bridgehead atoms. The van der Waals surface area contributed by atoms with Crippen molar-refractivity contribution in [3.05, 3.63) is 30.2 Å². The molecule has 1 heterocycles. The lowest BCUT2D eigenvalue weighted by atomic mass is 10.1. The zero-order chi connectivity index (χ0) is 10.7. The van der Waals surface area contributed by atoms with Gasteiger partial charge in [0.05, 0.1) is 18.3 Å². The van der Waals surface area contributed by atoms with Gasteiger partial charge in [0.15, 0.2) is 0 Å². The van der Waals surface area contributed by atoms with Crippen molar-refractivity contribution in [3.63, 3.8) is 0 Å². The van der Waals surface area contributed by atoms with Gasteiger partial charge in [-0.2, -0.15) is 0 Å². The van der Waals surface area contributed by atoms with E-state index in [1.165, 1.54) is 0 Å². The van der Waals surface area contributed by atoms with Gasteiger partial charge in [0.2, 0.25) is 0 Å². The molecule has 0 aliphatic carbocycles. The van der Waals surface area contributed by atoms with Crippen molar-refractivity contribution in [3.8, 4) is 5.75 Å². The second-order valence-corrected chi connectivity index (χ2v) is 3.24. The molecule has 0 saturated heterocycles. The number of nitrogens with two attached hydrogens (primary N) is 1. The monoisotopic (exact) mass is 203 g/mol. The van der Waals surface area contributed by atoms with Crippen LogP contribution in [0.25, 0.3) is 10.9 Å². The molecule has 0 amide bonds. The van der Waals surface area contributed by atoms with Gasteiger partial charge in [-0.15, -0.1) is 0 Å². The average molecular weight is 203 g/mol. The van der Waals surface area contributed by atoms with Crippen molar-refractivity contribution < 1.29 is 4.74 Å². The van der Waals surface area contributed by atoms with E-state index in [9.17, 15) is 0 Å². The van der Waals surface area contributed by atoms with Crippen LogP contribution in [0.1, 0.15) is 5.69 Å². The van der Waals surface area contributed by atoms with Crippen LogP contribution in [-0.2, 0) is 6.42 Å². The third-order valence-corrected chi connectivity index (χ3v) is 2.31. The number of hydrogen-bond acceptors (Lipinski definition) is 4. The highest BCUT2D eigenvalue weighted by Crippen LogP contribution is 2.21. The van der Waals surface area contributed by atoms with Gasteiger partial charge in [-0.3, -0.25) is 0 Å². The summed E-state index contributed by atoms with van der Waals surface area (Å²) in [7, 11) is 1.65. The summed E-state index contributed by atoms with van der Waals surface area (Å²) in [6.07, 6.45) is 2.33. The van der Waals surface area contributed by atoms with Gasteiger partial charge in [-0.25, -0.2) is 9.97 Å². The Labute approximate surface area is 88.1 Å². The fourth-order valence-corrected chi connectivity index (χ4v) is 1.55. The minimum Gasteiger partial charge on any atom is -0.497 e. The molecule has 0 spiro atoms. The first kappa shape index (κ1) is 9.86. The maximum atomic E-state index is 5.53. The van der Waals surface area contributed by atoms with Crippen LogP contribution in [0.4, 0.5) is 0 Å². The molecule has 0 unspecified atom stereocenters. The summed E-state index contributed by atoms with van der Waals surface area (Å²) in [6.45, 7) is 0.587. The number of benzene rings is 1. The lowest BCUT2D eigenvalue weighted by Crippen LogP contribution is -2.05. The topological polar surface area (TPSA) is 61.0 Å². The number of hydrogen-bond donors (Lipinski definition) is 1. The molecule has 2 aromatic rings. The number of aromatic nitrogens is 2. The fourth-order valence-electron chi connectivity index (χ4n) is 1.55. The number of fused-ring (bicyclic) bond motifs is 1. The van der Waals surface area contributed by atoms with Gasteiger partial charge in [0, 0.05) is 11.8 Å². The molecule has 15 heavy (non-hydrogen) atoms. The summed E-state index contributed by atoms with van der Waals surface area (Å²) in [4.78, 5) is 8.42. The quantitative estimate of drug-likeness (QED) is 0.812. The van der Waals surface area contributed by atoms with E-state index in [0.29, 0.717) is 6.54 Å². The van der Waals surface area contributed by atoms with Crippen molar-refractivity contribution in [1.29, 1.82) is 0 Å². The van der Waals surface area contributed by atoms with Crippen LogP contribution in [0, 0.1) is 0 Å². The molecule has 0 aliphatic rings. The maximum Gasteiger partial charge on any atom is 0.119 e. The van der Waals surface area contributed by atoms with Crippen molar-refractivity contribution in [1.82, 2.24) is 9.97 Å². The molecule has 1 aromatic carbocycles. The summed E-state index contributed by atoms with van der Waals surface area (Å²) >= 11 is 0. The summed E-state index contributed by atoms with van der Waals surface area (Å²) in [5.74, 6) is 0.815. The Morgan fingerprint density at radius 2 is 2.20 bits per heavy atom. The van der Waals surface area contributed by atoms with Gasteiger partial charge in [0.25, 0.3) is 0 Å². The number of ether oxygens (including phenoxy) is 1. The van der Waals surface area contributed by atoms with E-state index in [2.05, 4.69) is 9.97 Å². The lowest BCUT2D eigenvalue weighted by Gasteiger charge is -2.05. The molecular weight excluding hydrogens is 190 g/mol. The molecule has 4 nitrogen and oxygen atoms in total. The SMILES string of the molecule is COc1ccc2ncnc(CCN)c2c1. The number of rotatable bonds is 3. The average Bonchev–Trinajstić information content (AvgIpc) is 2.29. The molecule has 78 valence electrons. The zero-order valence-electron chi connectivity index (χ0n) is 8.60. The van der Waals surface area contributed by atoms with E-state index in [-0.39, 0.29) is 0 Å². The third-order valence-electron chi connectivity index (χ3n) is 2.31. The van der Waals surface area contributed by atoms with Gasteiger partial charge in [-0.1, -0.05) is 0 Å². The first-order chi connectivity index (χ1) is 7.35. The Morgan fingerprint density at radius 3 is 2.93 bits per heavy atom. The van der Waals surface area contributed by atoms with E-state index in [1.54, 1.807) is 13.4 Å². The minimum absolute atomic E-state index is 0.587. The van der Waals surface area contributed by atoms with Crippen LogP contribution in [0.5, 0.6) is 5.75 Å². The molecular formula is C11H13N3O. The molecule has 1 aromatic heterocycles. The van der Waals surface area contributed by atoms with Crippen molar-refractivity contribution in [2.24, 2.45) is 5.73 Å². The van der Waals surface area contributed by atoms with Crippen LogP contribution >= 0.6 is 0 Å². The second-order valence-electron chi connectivity index (χ2n) is 3.24. The van der Waals surface area contributed by atoms with Crippen molar-refractivity contribution in [2.75, 3.05) is 13.7 Å². The molecule has 0 saturated carbocycles. The van der Waals surface area contributed by atoms with Gasteiger partial charge >= 0.3 is 0 Å². The fraction of sp³-hybridized carbons (Fsp3) is 0.273. The summed E-state index contributed by atoms with van der Waals surface area (Å²) in [6, 6.07) is 5.76. The van der Waals surface area contributed by atoms with Gasteiger partial charge in [0.1, 0.15) is 12.1 Å². The van der Waals surface area contributed by atoms with E-state index >= 15 is 0 Å². The molecule has 0 radical (unpaired) electrons. The second kappa shape index (κ2) is 4.23. The number of methoxy groups -OCH3 is 1. The van der Waals surface area contributed by atoms with Crippen molar-refractivity contribution >= 4 is 10.9 Å². The maximum absolute atomic E-state index is 5.53. The van der Waals surface area contributed by atoms with Crippen LogP contribution in [0.2, 0.25) is 0 Å². The lowest BCUT2D eigenvalue weighted by molar-refractivity contribution is 0.415. The minimum atomic E-state index is 0.587. The van der Waals surface area contributed by atoms with E-state index in [1.807, 2.05) is 18.2 Å². The summed E-state index contributed by atoms with van der Waals surface area (Å²) < 4.78 is 5.17. The molecule has 0 atom stereocenters.